The number of carbonyl (C=O) groups excluding carboxylic acids is 1. The van der Waals surface area contributed by atoms with Gasteiger partial charge in [0.1, 0.15) is 12.4 Å². The average molecular weight is 339 g/mol. The van der Waals surface area contributed by atoms with E-state index in [-0.39, 0.29) is 5.91 Å². The standard InChI is InChI=1S/C20H21NO4/c1-4-13-25-18-11-5-15(14-19(18)24-3)6-12-20(22)21-16-7-9-17(23-2)10-8-16/h4-12,14H,1,13H2,2-3H3,(H,21,22)/b12-6+. The molecule has 0 aliphatic heterocycles. The summed E-state index contributed by atoms with van der Waals surface area (Å²) < 4.78 is 15.9. The van der Waals surface area contributed by atoms with E-state index in [1.807, 2.05) is 6.07 Å². The van der Waals surface area contributed by atoms with E-state index in [4.69, 9.17) is 14.2 Å². The Morgan fingerprint density at radius 3 is 2.48 bits per heavy atom. The van der Waals surface area contributed by atoms with E-state index in [9.17, 15) is 4.79 Å². The Morgan fingerprint density at radius 2 is 1.84 bits per heavy atom. The van der Waals surface area contributed by atoms with Gasteiger partial charge in [-0.3, -0.25) is 4.79 Å². The van der Waals surface area contributed by atoms with Crippen molar-refractivity contribution in [2.75, 3.05) is 26.1 Å². The summed E-state index contributed by atoms with van der Waals surface area (Å²) in [5.41, 5.74) is 1.52. The third-order valence-electron chi connectivity index (χ3n) is 3.33. The van der Waals surface area contributed by atoms with Crippen molar-refractivity contribution < 1.29 is 19.0 Å². The van der Waals surface area contributed by atoms with Crippen LogP contribution < -0.4 is 19.5 Å². The van der Waals surface area contributed by atoms with Crippen LogP contribution in [0, 0.1) is 0 Å². The molecule has 0 fully saturated rings. The Bertz CT molecular complexity index is 751. The fraction of sp³-hybridized carbons (Fsp3) is 0.150. The molecule has 130 valence electrons. The second-order valence-corrected chi connectivity index (χ2v) is 5.06. The Balaban J connectivity index is 2.01. The first kappa shape index (κ1) is 18.1. The Hall–Kier alpha value is -3.21. The summed E-state index contributed by atoms with van der Waals surface area (Å²) in [5, 5.41) is 2.78. The zero-order valence-electron chi connectivity index (χ0n) is 14.3. The van der Waals surface area contributed by atoms with Gasteiger partial charge in [0.2, 0.25) is 5.91 Å². The minimum absolute atomic E-state index is 0.226. The molecule has 0 bridgehead atoms. The smallest absolute Gasteiger partial charge is 0.248 e. The summed E-state index contributed by atoms with van der Waals surface area (Å²) in [4.78, 5) is 12.0. The average Bonchev–Trinajstić information content (AvgIpc) is 2.65. The molecule has 0 spiro atoms. The maximum Gasteiger partial charge on any atom is 0.248 e. The van der Waals surface area contributed by atoms with Crippen LogP contribution in [0.15, 0.2) is 61.2 Å². The van der Waals surface area contributed by atoms with Gasteiger partial charge < -0.3 is 19.5 Å². The highest BCUT2D eigenvalue weighted by molar-refractivity contribution is 6.01. The van der Waals surface area contributed by atoms with E-state index in [1.165, 1.54) is 6.08 Å². The lowest BCUT2D eigenvalue weighted by Crippen LogP contribution is -2.07. The van der Waals surface area contributed by atoms with Crippen LogP contribution >= 0.6 is 0 Å². The number of carbonyl (C=O) groups is 1. The zero-order chi connectivity index (χ0) is 18.1. The first-order valence-corrected chi connectivity index (χ1v) is 7.71. The maximum atomic E-state index is 12.0. The largest absolute Gasteiger partial charge is 0.497 e. The molecule has 0 aliphatic rings. The summed E-state index contributed by atoms with van der Waals surface area (Å²) in [6, 6.07) is 12.6. The van der Waals surface area contributed by atoms with Crippen molar-refractivity contribution in [2.45, 2.75) is 0 Å². The second-order valence-electron chi connectivity index (χ2n) is 5.06. The van der Waals surface area contributed by atoms with E-state index < -0.39 is 0 Å². The minimum Gasteiger partial charge on any atom is -0.497 e. The molecule has 2 aromatic rings. The summed E-state index contributed by atoms with van der Waals surface area (Å²) in [5.74, 6) is 1.73. The molecular formula is C20H21NO4. The third kappa shape index (κ3) is 5.42. The van der Waals surface area contributed by atoms with Gasteiger partial charge in [0.15, 0.2) is 11.5 Å². The van der Waals surface area contributed by atoms with Gasteiger partial charge in [-0.25, -0.2) is 0 Å². The lowest BCUT2D eigenvalue weighted by Gasteiger charge is -2.09. The van der Waals surface area contributed by atoms with Crippen molar-refractivity contribution in [3.05, 3.63) is 66.8 Å². The maximum absolute atomic E-state index is 12.0. The molecule has 0 saturated carbocycles. The van der Waals surface area contributed by atoms with Crippen LogP contribution in [0.1, 0.15) is 5.56 Å². The molecule has 2 rings (SSSR count). The number of rotatable bonds is 8. The summed E-state index contributed by atoms with van der Waals surface area (Å²) in [7, 11) is 3.16. The molecule has 5 heteroatoms. The summed E-state index contributed by atoms with van der Waals surface area (Å²) in [6.45, 7) is 4.01. The molecule has 25 heavy (non-hydrogen) atoms. The molecule has 5 nitrogen and oxygen atoms in total. The van der Waals surface area contributed by atoms with E-state index in [1.54, 1.807) is 62.8 Å². The molecule has 1 amide bonds. The molecule has 2 aromatic carbocycles. The van der Waals surface area contributed by atoms with Gasteiger partial charge in [-0.2, -0.15) is 0 Å². The highest BCUT2D eigenvalue weighted by atomic mass is 16.5. The molecular weight excluding hydrogens is 318 g/mol. The van der Waals surface area contributed by atoms with Crippen LogP contribution in [0.5, 0.6) is 17.2 Å². The van der Waals surface area contributed by atoms with E-state index in [0.29, 0.717) is 23.8 Å². The van der Waals surface area contributed by atoms with Crippen LogP contribution in [-0.2, 0) is 4.79 Å². The fourth-order valence-electron chi connectivity index (χ4n) is 2.09. The molecule has 0 saturated heterocycles. The van der Waals surface area contributed by atoms with Gasteiger partial charge >= 0.3 is 0 Å². The van der Waals surface area contributed by atoms with Crippen LogP contribution in [0.25, 0.3) is 6.08 Å². The van der Waals surface area contributed by atoms with Crippen LogP contribution in [0.2, 0.25) is 0 Å². The highest BCUT2D eigenvalue weighted by Gasteiger charge is 2.04. The molecule has 0 atom stereocenters. The summed E-state index contributed by atoms with van der Waals surface area (Å²) >= 11 is 0. The van der Waals surface area contributed by atoms with E-state index in [2.05, 4.69) is 11.9 Å². The normalized spacial score (nSPS) is 10.3. The quantitative estimate of drug-likeness (QED) is 0.585. The topological polar surface area (TPSA) is 56.8 Å². The number of hydrogen-bond acceptors (Lipinski definition) is 4. The number of methoxy groups -OCH3 is 2. The second kappa shape index (κ2) is 9.17. The van der Waals surface area contributed by atoms with Crippen molar-refractivity contribution in [3.63, 3.8) is 0 Å². The van der Waals surface area contributed by atoms with Gasteiger partial charge in [0, 0.05) is 11.8 Å². The predicted octanol–water partition coefficient (Wildman–Crippen LogP) is 3.92. The zero-order valence-corrected chi connectivity index (χ0v) is 14.3. The first-order valence-electron chi connectivity index (χ1n) is 7.71. The van der Waals surface area contributed by atoms with Crippen molar-refractivity contribution in [2.24, 2.45) is 0 Å². The van der Waals surface area contributed by atoms with Crippen LogP contribution in [0.3, 0.4) is 0 Å². The van der Waals surface area contributed by atoms with E-state index in [0.717, 1.165) is 11.3 Å². The lowest BCUT2D eigenvalue weighted by atomic mass is 10.2. The lowest BCUT2D eigenvalue weighted by molar-refractivity contribution is -0.111. The van der Waals surface area contributed by atoms with Gasteiger partial charge in [0.05, 0.1) is 14.2 Å². The molecule has 0 heterocycles. The number of benzene rings is 2. The Kier molecular flexibility index (Phi) is 6.65. The van der Waals surface area contributed by atoms with Gasteiger partial charge in [-0.1, -0.05) is 18.7 Å². The molecule has 0 radical (unpaired) electrons. The van der Waals surface area contributed by atoms with Gasteiger partial charge in [-0.15, -0.1) is 0 Å². The summed E-state index contributed by atoms with van der Waals surface area (Å²) in [6.07, 6.45) is 4.83. The number of nitrogens with one attached hydrogen (secondary N) is 1. The molecule has 0 unspecified atom stereocenters. The fourth-order valence-corrected chi connectivity index (χ4v) is 2.09. The minimum atomic E-state index is -0.226. The van der Waals surface area contributed by atoms with Crippen LogP contribution in [0.4, 0.5) is 5.69 Å². The van der Waals surface area contributed by atoms with Crippen molar-refractivity contribution in [3.8, 4) is 17.2 Å². The first-order chi connectivity index (χ1) is 12.2. The number of hydrogen-bond donors (Lipinski definition) is 1. The third-order valence-corrected chi connectivity index (χ3v) is 3.33. The number of ether oxygens (including phenoxy) is 3. The van der Waals surface area contributed by atoms with Crippen molar-refractivity contribution >= 4 is 17.7 Å². The van der Waals surface area contributed by atoms with Gasteiger partial charge in [0.25, 0.3) is 0 Å². The molecule has 0 aliphatic carbocycles. The van der Waals surface area contributed by atoms with Crippen LogP contribution in [-0.4, -0.2) is 26.7 Å². The molecule has 1 N–H and O–H groups in total. The highest BCUT2D eigenvalue weighted by Crippen LogP contribution is 2.28. The van der Waals surface area contributed by atoms with E-state index >= 15 is 0 Å². The van der Waals surface area contributed by atoms with Gasteiger partial charge in [-0.05, 0) is 48.0 Å². The predicted molar refractivity (Wildman–Crippen MR) is 99.3 cm³/mol. The SMILES string of the molecule is C=CCOc1ccc(/C=C/C(=O)Nc2ccc(OC)cc2)cc1OC. The Labute approximate surface area is 147 Å². The van der Waals surface area contributed by atoms with Crippen molar-refractivity contribution in [1.82, 2.24) is 0 Å². The van der Waals surface area contributed by atoms with Crippen molar-refractivity contribution in [1.29, 1.82) is 0 Å². The molecule has 0 aromatic heterocycles. The number of amides is 1. The number of anilines is 1. The Morgan fingerprint density at radius 1 is 1.08 bits per heavy atom. The monoisotopic (exact) mass is 339 g/mol.